The molecule has 2 aromatic carbocycles. The molecule has 0 aliphatic heterocycles. The first-order valence-electron chi connectivity index (χ1n) is 7.94. The molecule has 0 unspecified atom stereocenters. The fraction of sp³-hybridized carbons (Fsp3) is 0.105. The van der Waals surface area contributed by atoms with Crippen molar-refractivity contribution in [3.63, 3.8) is 0 Å². The summed E-state index contributed by atoms with van der Waals surface area (Å²) in [6.07, 6.45) is 1.39. The zero-order valence-electron chi connectivity index (χ0n) is 14.9. The number of methoxy groups -OCH3 is 2. The SMILES string of the molecule is COc1cc(OC)cc(-c2nnc(S/C(=C\c3ccc(F)cc3)C(=O)O)o2)c1. The van der Waals surface area contributed by atoms with E-state index >= 15 is 0 Å². The van der Waals surface area contributed by atoms with Crippen LogP contribution < -0.4 is 9.47 Å². The van der Waals surface area contributed by atoms with Gasteiger partial charge < -0.3 is 19.0 Å². The zero-order chi connectivity index (χ0) is 20.1. The zero-order valence-corrected chi connectivity index (χ0v) is 15.7. The molecule has 0 fully saturated rings. The van der Waals surface area contributed by atoms with Gasteiger partial charge in [-0.05, 0) is 47.7 Å². The summed E-state index contributed by atoms with van der Waals surface area (Å²) in [6.45, 7) is 0. The molecule has 0 amide bonds. The average molecular weight is 402 g/mol. The molecule has 0 aliphatic rings. The average Bonchev–Trinajstić information content (AvgIpc) is 3.17. The Hall–Kier alpha value is -3.33. The number of carboxylic acid groups (broad SMARTS) is 1. The summed E-state index contributed by atoms with van der Waals surface area (Å²) < 4.78 is 29.0. The summed E-state index contributed by atoms with van der Waals surface area (Å²) >= 11 is 0.796. The molecule has 144 valence electrons. The van der Waals surface area contributed by atoms with Crippen molar-refractivity contribution in [1.82, 2.24) is 10.2 Å². The Labute approximate surface area is 163 Å². The van der Waals surface area contributed by atoms with Gasteiger partial charge in [-0.1, -0.05) is 12.1 Å². The third-order valence-corrected chi connectivity index (χ3v) is 4.43. The van der Waals surface area contributed by atoms with E-state index in [9.17, 15) is 14.3 Å². The van der Waals surface area contributed by atoms with Gasteiger partial charge in [-0.15, -0.1) is 10.2 Å². The van der Waals surface area contributed by atoms with E-state index < -0.39 is 11.8 Å². The number of aliphatic carboxylic acids is 1. The number of hydrogen-bond acceptors (Lipinski definition) is 7. The summed E-state index contributed by atoms with van der Waals surface area (Å²) in [5.41, 5.74) is 1.10. The van der Waals surface area contributed by atoms with Crippen molar-refractivity contribution >= 4 is 23.8 Å². The second kappa shape index (κ2) is 8.57. The van der Waals surface area contributed by atoms with Crippen LogP contribution in [0.3, 0.4) is 0 Å². The van der Waals surface area contributed by atoms with E-state index in [4.69, 9.17) is 13.9 Å². The summed E-state index contributed by atoms with van der Waals surface area (Å²) in [6, 6.07) is 10.5. The fourth-order valence-electron chi connectivity index (χ4n) is 2.24. The molecule has 3 rings (SSSR count). The minimum absolute atomic E-state index is 0.0487. The fourth-order valence-corrected chi connectivity index (χ4v) is 2.91. The highest BCUT2D eigenvalue weighted by atomic mass is 32.2. The summed E-state index contributed by atoms with van der Waals surface area (Å²) in [5, 5.41) is 17.3. The number of aromatic nitrogens is 2. The Morgan fingerprint density at radius 3 is 2.32 bits per heavy atom. The lowest BCUT2D eigenvalue weighted by Crippen LogP contribution is -1.96. The van der Waals surface area contributed by atoms with E-state index in [0.717, 1.165) is 11.8 Å². The first kappa shape index (κ1) is 19.4. The Morgan fingerprint density at radius 1 is 1.11 bits per heavy atom. The minimum atomic E-state index is -1.17. The molecule has 0 radical (unpaired) electrons. The quantitative estimate of drug-likeness (QED) is 0.466. The standard InChI is InChI=1S/C19H15FN2O5S/c1-25-14-8-12(9-15(10-14)26-2)17-21-22-19(27-17)28-16(18(23)24)7-11-3-5-13(20)6-4-11/h3-10H,1-2H3,(H,23,24)/b16-7-. The number of carbonyl (C=O) groups is 1. The van der Waals surface area contributed by atoms with E-state index in [2.05, 4.69) is 10.2 Å². The smallest absolute Gasteiger partial charge is 0.342 e. The molecule has 0 saturated carbocycles. The van der Waals surface area contributed by atoms with Gasteiger partial charge in [-0.25, -0.2) is 9.18 Å². The third kappa shape index (κ3) is 4.68. The number of carboxylic acids is 1. The van der Waals surface area contributed by atoms with E-state index in [1.807, 2.05) is 0 Å². The van der Waals surface area contributed by atoms with Crippen molar-refractivity contribution < 1.29 is 28.2 Å². The number of thioether (sulfide) groups is 1. The van der Waals surface area contributed by atoms with Crippen LogP contribution in [0.2, 0.25) is 0 Å². The van der Waals surface area contributed by atoms with Crippen LogP contribution >= 0.6 is 11.8 Å². The van der Waals surface area contributed by atoms with Crippen molar-refractivity contribution in [2.24, 2.45) is 0 Å². The predicted octanol–water partition coefficient (Wildman–Crippen LogP) is 4.11. The Morgan fingerprint density at radius 2 is 1.75 bits per heavy atom. The molecule has 7 nitrogen and oxygen atoms in total. The Kier molecular flexibility index (Phi) is 5.95. The summed E-state index contributed by atoms with van der Waals surface area (Å²) in [7, 11) is 3.04. The van der Waals surface area contributed by atoms with E-state index in [0.29, 0.717) is 22.6 Å². The number of nitrogens with zero attached hydrogens (tertiary/aromatic N) is 2. The van der Waals surface area contributed by atoms with Gasteiger partial charge in [-0.3, -0.25) is 0 Å². The second-order valence-electron chi connectivity index (χ2n) is 5.44. The van der Waals surface area contributed by atoms with Crippen molar-refractivity contribution in [2.75, 3.05) is 14.2 Å². The molecule has 0 bridgehead atoms. The molecule has 3 aromatic rings. The molecular formula is C19H15FN2O5S. The lowest BCUT2D eigenvalue weighted by molar-refractivity contribution is -0.131. The first-order chi connectivity index (χ1) is 13.5. The molecule has 9 heteroatoms. The molecule has 1 aromatic heterocycles. The van der Waals surface area contributed by atoms with Gasteiger partial charge in [0.2, 0.25) is 5.89 Å². The maximum Gasteiger partial charge on any atom is 0.342 e. The molecule has 1 heterocycles. The van der Waals surface area contributed by atoms with Crippen molar-refractivity contribution in [3.05, 3.63) is 58.8 Å². The molecule has 0 aliphatic carbocycles. The molecule has 1 N–H and O–H groups in total. The van der Waals surface area contributed by atoms with Gasteiger partial charge in [0, 0.05) is 11.6 Å². The molecule has 28 heavy (non-hydrogen) atoms. The van der Waals surface area contributed by atoms with Crippen molar-refractivity contribution in [1.29, 1.82) is 0 Å². The third-order valence-electron chi connectivity index (χ3n) is 3.58. The van der Waals surface area contributed by atoms with Crippen LogP contribution in [-0.2, 0) is 4.79 Å². The molecule has 0 spiro atoms. The van der Waals surface area contributed by atoms with Crippen LogP contribution in [0.5, 0.6) is 11.5 Å². The second-order valence-corrected chi connectivity index (χ2v) is 6.44. The van der Waals surface area contributed by atoms with E-state index in [1.54, 1.807) is 18.2 Å². The molecular weight excluding hydrogens is 387 g/mol. The van der Waals surface area contributed by atoms with Gasteiger partial charge in [-0.2, -0.15) is 0 Å². The topological polar surface area (TPSA) is 94.7 Å². The predicted molar refractivity (Wildman–Crippen MR) is 101 cm³/mol. The van der Waals surface area contributed by atoms with E-state index in [1.165, 1.54) is 44.6 Å². The van der Waals surface area contributed by atoms with Crippen LogP contribution in [0, 0.1) is 5.82 Å². The number of halogens is 1. The van der Waals surface area contributed by atoms with Gasteiger partial charge in [0.15, 0.2) is 0 Å². The lowest BCUT2D eigenvalue weighted by Gasteiger charge is -2.05. The van der Waals surface area contributed by atoms with Crippen molar-refractivity contribution in [2.45, 2.75) is 5.22 Å². The largest absolute Gasteiger partial charge is 0.497 e. The highest BCUT2D eigenvalue weighted by Crippen LogP contribution is 2.33. The van der Waals surface area contributed by atoms with Crippen LogP contribution in [0.1, 0.15) is 5.56 Å². The highest BCUT2D eigenvalue weighted by Gasteiger charge is 2.17. The maximum absolute atomic E-state index is 13.0. The van der Waals surface area contributed by atoms with Crippen LogP contribution in [0.15, 0.2) is 57.0 Å². The summed E-state index contributed by atoms with van der Waals surface area (Å²) in [5.74, 6) is -0.298. The van der Waals surface area contributed by atoms with Gasteiger partial charge in [0.05, 0.1) is 14.2 Å². The van der Waals surface area contributed by atoms with Crippen molar-refractivity contribution in [3.8, 4) is 23.0 Å². The highest BCUT2D eigenvalue weighted by molar-refractivity contribution is 8.03. The van der Waals surface area contributed by atoms with Gasteiger partial charge in [0.25, 0.3) is 5.22 Å². The van der Waals surface area contributed by atoms with Gasteiger partial charge in [0.1, 0.15) is 22.2 Å². The van der Waals surface area contributed by atoms with Gasteiger partial charge >= 0.3 is 5.97 Å². The normalized spacial score (nSPS) is 11.3. The number of ether oxygens (including phenoxy) is 2. The van der Waals surface area contributed by atoms with Crippen LogP contribution in [0.25, 0.3) is 17.5 Å². The number of hydrogen-bond donors (Lipinski definition) is 1. The first-order valence-corrected chi connectivity index (χ1v) is 8.75. The minimum Gasteiger partial charge on any atom is -0.497 e. The van der Waals surface area contributed by atoms with E-state index in [-0.39, 0.29) is 16.0 Å². The summed E-state index contributed by atoms with van der Waals surface area (Å²) in [4.78, 5) is 11.5. The van der Waals surface area contributed by atoms with Crippen LogP contribution in [-0.4, -0.2) is 35.5 Å². The Bertz CT molecular complexity index is 995. The van der Waals surface area contributed by atoms with Crippen LogP contribution in [0.4, 0.5) is 4.39 Å². The molecule has 0 atom stereocenters. The lowest BCUT2D eigenvalue weighted by atomic mass is 10.2. The number of benzene rings is 2. The molecule has 0 saturated heterocycles. The Balaban J connectivity index is 1.86. The monoisotopic (exact) mass is 402 g/mol. The number of rotatable bonds is 7. The maximum atomic E-state index is 13.0.